The number of nitrogens with one attached hydrogen (secondary N) is 2. The van der Waals surface area contributed by atoms with Crippen molar-refractivity contribution in [3.63, 3.8) is 0 Å². The van der Waals surface area contributed by atoms with Gasteiger partial charge in [-0.3, -0.25) is 4.79 Å². The second kappa shape index (κ2) is 5.24. The number of benzene rings is 1. The van der Waals surface area contributed by atoms with E-state index in [0.717, 1.165) is 17.3 Å². The molecule has 1 atom stereocenters. The second-order valence-electron chi connectivity index (χ2n) is 4.68. The van der Waals surface area contributed by atoms with Gasteiger partial charge in [0.1, 0.15) is 12.1 Å². The molecular weight excluding hydrogens is 270 g/mol. The first-order valence-electron chi connectivity index (χ1n) is 6.48. The summed E-state index contributed by atoms with van der Waals surface area (Å²) in [5.74, 6) is 0.341. The number of para-hydroxylation sites is 2. The highest BCUT2D eigenvalue weighted by Crippen LogP contribution is 2.15. The number of amides is 1. The van der Waals surface area contributed by atoms with Crippen molar-refractivity contribution in [2.45, 2.75) is 13.0 Å². The number of carbonyl (C=O) groups excluding carboxylic acids is 1. The van der Waals surface area contributed by atoms with Crippen LogP contribution in [0, 0.1) is 0 Å². The molecule has 3 rings (SSSR count). The second-order valence-corrected chi connectivity index (χ2v) is 4.68. The van der Waals surface area contributed by atoms with Gasteiger partial charge in [-0.25, -0.2) is 9.78 Å². The van der Waals surface area contributed by atoms with Crippen LogP contribution in [0.15, 0.2) is 51.9 Å². The fraction of sp³-hybridized carbons (Fsp3) is 0.133. The third-order valence-corrected chi connectivity index (χ3v) is 3.13. The summed E-state index contributed by atoms with van der Waals surface area (Å²) >= 11 is 0. The van der Waals surface area contributed by atoms with Crippen LogP contribution in [0.2, 0.25) is 0 Å². The third-order valence-electron chi connectivity index (χ3n) is 3.13. The van der Waals surface area contributed by atoms with Crippen LogP contribution in [0.1, 0.15) is 29.1 Å². The lowest BCUT2D eigenvalue weighted by atomic mass is 10.2. The van der Waals surface area contributed by atoms with E-state index in [0.29, 0.717) is 5.82 Å². The molecule has 106 valence electrons. The molecule has 0 radical (unpaired) electrons. The van der Waals surface area contributed by atoms with E-state index in [1.807, 2.05) is 31.2 Å². The number of aromatic amines is 1. The highest BCUT2D eigenvalue weighted by Gasteiger charge is 2.15. The largest absolute Gasteiger partial charge is 0.430 e. The van der Waals surface area contributed by atoms with Crippen LogP contribution in [-0.2, 0) is 0 Å². The monoisotopic (exact) mass is 283 g/mol. The number of imidazole rings is 1. The fourth-order valence-electron chi connectivity index (χ4n) is 2.01. The minimum Gasteiger partial charge on any atom is -0.430 e. The van der Waals surface area contributed by atoms with Gasteiger partial charge in [0.05, 0.1) is 22.6 Å². The molecule has 2 heterocycles. The topological polar surface area (TPSA) is 88.0 Å². The summed E-state index contributed by atoms with van der Waals surface area (Å²) in [7, 11) is 0. The average Bonchev–Trinajstić information content (AvgIpc) is 2.92. The van der Waals surface area contributed by atoms with Gasteiger partial charge >= 0.3 is 5.63 Å². The number of aromatic nitrogens is 2. The summed E-state index contributed by atoms with van der Waals surface area (Å²) in [6, 6.07) is 9.98. The van der Waals surface area contributed by atoms with Crippen LogP contribution in [-0.4, -0.2) is 15.9 Å². The summed E-state index contributed by atoms with van der Waals surface area (Å²) in [4.78, 5) is 30.5. The number of hydrogen-bond acceptors (Lipinski definition) is 4. The number of fused-ring (bicyclic) bond motifs is 1. The van der Waals surface area contributed by atoms with Gasteiger partial charge in [-0.05, 0) is 25.1 Å². The highest BCUT2D eigenvalue weighted by atomic mass is 16.4. The van der Waals surface area contributed by atoms with Crippen molar-refractivity contribution in [2.24, 2.45) is 0 Å². The maximum Gasteiger partial charge on any atom is 0.335 e. The predicted octanol–water partition coefficient (Wildman–Crippen LogP) is 2.01. The van der Waals surface area contributed by atoms with Gasteiger partial charge in [0, 0.05) is 6.07 Å². The van der Waals surface area contributed by atoms with Crippen molar-refractivity contribution < 1.29 is 9.21 Å². The maximum absolute atomic E-state index is 12.0. The minimum absolute atomic E-state index is 0.289. The van der Waals surface area contributed by atoms with Gasteiger partial charge in [0.25, 0.3) is 5.91 Å². The SMILES string of the molecule is CC(NC(=O)c1ccc(=O)oc1)c1nc2ccccc2[nH]1. The van der Waals surface area contributed by atoms with Crippen LogP contribution in [0.25, 0.3) is 11.0 Å². The maximum atomic E-state index is 12.0. The van der Waals surface area contributed by atoms with Crippen molar-refractivity contribution in [1.82, 2.24) is 15.3 Å². The Hall–Kier alpha value is -2.89. The summed E-state index contributed by atoms with van der Waals surface area (Å²) in [5.41, 5.74) is 1.56. The first-order chi connectivity index (χ1) is 10.1. The quantitative estimate of drug-likeness (QED) is 0.769. The summed E-state index contributed by atoms with van der Waals surface area (Å²) in [6.45, 7) is 1.83. The molecule has 2 N–H and O–H groups in total. The Labute approximate surface area is 119 Å². The molecule has 1 unspecified atom stereocenters. The van der Waals surface area contributed by atoms with Crippen molar-refractivity contribution in [3.05, 3.63) is 64.5 Å². The molecule has 21 heavy (non-hydrogen) atoms. The summed E-state index contributed by atoms with van der Waals surface area (Å²) < 4.78 is 4.67. The molecule has 6 nitrogen and oxygen atoms in total. The van der Waals surface area contributed by atoms with Crippen LogP contribution >= 0.6 is 0 Å². The Morgan fingerprint density at radius 2 is 2.10 bits per heavy atom. The van der Waals surface area contributed by atoms with Gasteiger partial charge in [-0.1, -0.05) is 12.1 Å². The Morgan fingerprint density at radius 1 is 1.29 bits per heavy atom. The zero-order chi connectivity index (χ0) is 14.8. The average molecular weight is 283 g/mol. The fourth-order valence-corrected chi connectivity index (χ4v) is 2.01. The van der Waals surface area contributed by atoms with Crippen LogP contribution in [0.3, 0.4) is 0 Å². The van der Waals surface area contributed by atoms with E-state index in [1.54, 1.807) is 0 Å². The van der Waals surface area contributed by atoms with Crippen molar-refractivity contribution >= 4 is 16.9 Å². The van der Waals surface area contributed by atoms with E-state index in [4.69, 9.17) is 0 Å². The number of hydrogen-bond donors (Lipinski definition) is 2. The Bertz CT molecular complexity index is 797. The van der Waals surface area contributed by atoms with Crippen LogP contribution in [0.5, 0.6) is 0 Å². The molecule has 0 bridgehead atoms. The smallest absolute Gasteiger partial charge is 0.335 e. The van der Waals surface area contributed by atoms with Gasteiger partial charge in [0.2, 0.25) is 0 Å². The first-order valence-corrected chi connectivity index (χ1v) is 6.48. The molecule has 2 aromatic heterocycles. The third kappa shape index (κ3) is 2.69. The molecule has 0 spiro atoms. The van der Waals surface area contributed by atoms with E-state index in [2.05, 4.69) is 19.7 Å². The molecule has 1 aromatic carbocycles. The Kier molecular flexibility index (Phi) is 3.27. The van der Waals surface area contributed by atoms with E-state index < -0.39 is 5.63 Å². The number of carbonyl (C=O) groups is 1. The van der Waals surface area contributed by atoms with E-state index in [1.165, 1.54) is 12.1 Å². The summed E-state index contributed by atoms with van der Waals surface area (Å²) in [5, 5.41) is 2.80. The lowest BCUT2D eigenvalue weighted by molar-refractivity contribution is 0.0936. The van der Waals surface area contributed by atoms with Crippen molar-refractivity contribution in [2.75, 3.05) is 0 Å². The Balaban J connectivity index is 1.79. The zero-order valence-corrected chi connectivity index (χ0v) is 11.3. The molecule has 0 saturated carbocycles. The van der Waals surface area contributed by atoms with Crippen LogP contribution < -0.4 is 10.9 Å². The number of rotatable bonds is 3. The van der Waals surface area contributed by atoms with E-state index >= 15 is 0 Å². The van der Waals surface area contributed by atoms with Crippen LogP contribution in [0.4, 0.5) is 0 Å². The lowest BCUT2D eigenvalue weighted by Crippen LogP contribution is -2.27. The first kappa shape index (κ1) is 13.1. The van der Waals surface area contributed by atoms with Gasteiger partial charge in [0.15, 0.2) is 0 Å². The molecule has 0 aliphatic heterocycles. The van der Waals surface area contributed by atoms with Gasteiger partial charge in [-0.15, -0.1) is 0 Å². The molecule has 0 fully saturated rings. The van der Waals surface area contributed by atoms with Gasteiger partial charge in [-0.2, -0.15) is 0 Å². The van der Waals surface area contributed by atoms with Crippen molar-refractivity contribution in [1.29, 1.82) is 0 Å². The number of H-pyrrole nitrogens is 1. The molecule has 0 saturated heterocycles. The predicted molar refractivity (Wildman–Crippen MR) is 77.0 cm³/mol. The standard InChI is InChI=1S/C15H13N3O3/c1-9(14-17-11-4-2-3-5-12(11)18-14)16-15(20)10-6-7-13(19)21-8-10/h2-9H,1H3,(H,16,20)(H,17,18). The number of nitrogens with zero attached hydrogens (tertiary/aromatic N) is 1. The zero-order valence-electron chi connectivity index (χ0n) is 11.3. The molecule has 3 aromatic rings. The molecule has 1 amide bonds. The van der Waals surface area contributed by atoms with E-state index in [-0.39, 0.29) is 17.5 Å². The molecule has 0 aliphatic rings. The molecule has 6 heteroatoms. The highest BCUT2D eigenvalue weighted by molar-refractivity contribution is 5.93. The van der Waals surface area contributed by atoms with E-state index in [9.17, 15) is 9.59 Å². The molecular formula is C15H13N3O3. The summed E-state index contributed by atoms with van der Waals surface area (Å²) in [6.07, 6.45) is 1.14. The minimum atomic E-state index is -0.489. The normalized spacial score (nSPS) is 12.2. The van der Waals surface area contributed by atoms with Gasteiger partial charge < -0.3 is 14.7 Å². The van der Waals surface area contributed by atoms with Crippen molar-refractivity contribution in [3.8, 4) is 0 Å². The lowest BCUT2D eigenvalue weighted by Gasteiger charge is -2.10. The Morgan fingerprint density at radius 3 is 2.81 bits per heavy atom. The molecule has 0 aliphatic carbocycles.